The predicted octanol–water partition coefficient (Wildman–Crippen LogP) is 2.91. The minimum atomic E-state index is 0.359. The highest BCUT2D eigenvalue weighted by Gasteiger charge is 2.21. The van der Waals surface area contributed by atoms with Crippen molar-refractivity contribution in [2.75, 3.05) is 24.6 Å². The Kier molecular flexibility index (Phi) is 5.03. The van der Waals surface area contributed by atoms with E-state index in [2.05, 4.69) is 46.0 Å². The summed E-state index contributed by atoms with van der Waals surface area (Å²) in [6, 6.07) is 6.35. The molecule has 0 aromatic heterocycles. The van der Waals surface area contributed by atoms with Gasteiger partial charge in [-0.2, -0.15) is 0 Å². The number of rotatable bonds is 4. The van der Waals surface area contributed by atoms with E-state index in [9.17, 15) is 0 Å². The monoisotopic (exact) mass is 312 g/mol. The van der Waals surface area contributed by atoms with Crippen molar-refractivity contribution in [3.63, 3.8) is 0 Å². The number of hydrogen-bond acceptors (Lipinski definition) is 3. The van der Waals surface area contributed by atoms with Gasteiger partial charge >= 0.3 is 0 Å². The molecule has 0 saturated carbocycles. The van der Waals surface area contributed by atoms with Gasteiger partial charge in [0.2, 0.25) is 0 Å². The second kappa shape index (κ2) is 6.55. The number of benzene rings is 1. The molecular weight excluding hydrogens is 292 g/mol. The van der Waals surface area contributed by atoms with Crippen LogP contribution in [0.5, 0.6) is 0 Å². The Morgan fingerprint density at radius 2 is 2.33 bits per heavy atom. The van der Waals surface area contributed by atoms with E-state index in [0.717, 1.165) is 24.2 Å². The summed E-state index contributed by atoms with van der Waals surface area (Å²) in [5.74, 6) is 0. The van der Waals surface area contributed by atoms with Crippen molar-refractivity contribution in [2.24, 2.45) is 5.73 Å². The molecule has 1 aromatic rings. The Labute approximate surface area is 117 Å². The first-order chi connectivity index (χ1) is 8.74. The van der Waals surface area contributed by atoms with Gasteiger partial charge in [-0.1, -0.05) is 15.9 Å². The third-order valence-corrected chi connectivity index (χ3v) is 3.88. The van der Waals surface area contributed by atoms with Crippen molar-refractivity contribution in [1.29, 1.82) is 0 Å². The quantitative estimate of drug-likeness (QED) is 0.929. The molecule has 1 unspecified atom stereocenters. The van der Waals surface area contributed by atoms with Crippen LogP contribution in [-0.4, -0.2) is 25.8 Å². The molecule has 1 fully saturated rings. The fourth-order valence-corrected chi connectivity index (χ4v) is 2.96. The van der Waals surface area contributed by atoms with Crippen molar-refractivity contribution >= 4 is 21.6 Å². The third-order valence-electron chi connectivity index (χ3n) is 3.38. The smallest absolute Gasteiger partial charge is 0.0750 e. The Bertz CT molecular complexity index is 395. The lowest BCUT2D eigenvalue weighted by molar-refractivity contribution is 0.0526. The lowest BCUT2D eigenvalue weighted by Crippen LogP contribution is -2.40. The lowest BCUT2D eigenvalue weighted by atomic mass is 10.1. The van der Waals surface area contributed by atoms with E-state index in [1.807, 2.05) is 0 Å². The second-order valence-electron chi connectivity index (χ2n) is 4.64. The molecule has 0 aliphatic carbocycles. The van der Waals surface area contributed by atoms with Gasteiger partial charge in [0.25, 0.3) is 0 Å². The molecular formula is C14H21BrN2O. The Hall–Kier alpha value is -0.580. The number of hydrogen-bond donors (Lipinski definition) is 1. The van der Waals surface area contributed by atoms with Gasteiger partial charge in [-0.3, -0.25) is 0 Å². The number of piperidine rings is 1. The molecule has 1 aromatic carbocycles. The van der Waals surface area contributed by atoms with Gasteiger partial charge in [0.1, 0.15) is 0 Å². The normalized spacial score (nSPS) is 20.2. The van der Waals surface area contributed by atoms with Crippen LogP contribution in [0.25, 0.3) is 0 Å². The van der Waals surface area contributed by atoms with Crippen LogP contribution in [0.15, 0.2) is 22.7 Å². The Morgan fingerprint density at radius 1 is 1.50 bits per heavy atom. The lowest BCUT2D eigenvalue weighted by Gasteiger charge is -2.35. The van der Waals surface area contributed by atoms with Crippen LogP contribution in [0.1, 0.15) is 25.3 Å². The highest BCUT2D eigenvalue weighted by Crippen LogP contribution is 2.27. The van der Waals surface area contributed by atoms with Crippen molar-refractivity contribution in [3.8, 4) is 0 Å². The van der Waals surface area contributed by atoms with Gasteiger partial charge in [0.15, 0.2) is 0 Å². The van der Waals surface area contributed by atoms with Crippen molar-refractivity contribution < 1.29 is 4.74 Å². The Balaban J connectivity index is 2.15. The van der Waals surface area contributed by atoms with Gasteiger partial charge in [0, 0.05) is 36.4 Å². The van der Waals surface area contributed by atoms with Crippen molar-refractivity contribution in [1.82, 2.24) is 0 Å². The standard InChI is InChI=1S/C14H21BrN2O/c1-2-18-13-4-3-7-17(10-13)14-6-5-12(15)8-11(14)9-16/h5-6,8,13H,2-4,7,9-10,16H2,1H3. The third kappa shape index (κ3) is 3.25. The zero-order valence-corrected chi connectivity index (χ0v) is 12.4. The summed E-state index contributed by atoms with van der Waals surface area (Å²) in [6.07, 6.45) is 2.71. The molecule has 1 saturated heterocycles. The SMILES string of the molecule is CCOC1CCCN(c2ccc(Br)cc2CN)C1. The predicted molar refractivity (Wildman–Crippen MR) is 78.9 cm³/mol. The van der Waals surface area contributed by atoms with E-state index >= 15 is 0 Å². The first-order valence-corrected chi connectivity index (χ1v) is 7.39. The molecule has 0 radical (unpaired) electrons. The fraction of sp³-hybridized carbons (Fsp3) is 0.571. The molecule has 1 atom stereocenters. The number of nitrogens with zero attached hydrogens (tertiary/aromatic N) is 1. The van der Waals surface area contributed by atoms with Crippen molar-refractivity contribution in [2.45, 2.75) is 32.4 Å². The molecule has 4 heteroatoms. The van der Waals surface area contributed by atoms with E-state index < -0.39 is 0 Å². The molecule has 2 rings (SSSR count). The molecule has 0 spiro atoms. The van der Waals surface area contributed by atoms with Crippen LogP contribution in [0.4, 0.5) is 5.69 Å². The topological polar surface area (TPSA) is 38.5 Å². The van der Waals surface area contributed by atoms with E-state index in [-0.39, 0.29) is 0 Å². The van der Waals surface area contributed by atoms with Gasteiger partial charge < -0.3 is 15.4 Å². The van der Waals surface area contributed by atoms with E-state index in [0.29, 0.717) is 12.6 Å². The average molecular weight is 313 g/mol. The van der Waals surface area contributed by atoms with Gasteiger partial charge in [-0.25, -0.2) is 0 Å². The van der Waals surface area contributed by atoms with E-state index in [4.69, 9.17) is 10.5 Å². The first kappa shape index (κ1) is 13.8. The Morgan fingerprint density at radius 3 is 3.06 bits per heavy atom. The fourth-order valence-electron chi connectivity index (χ4n) is 2.55. The first-order valence-electron chi connectivity index (χ1n) is 6.59. The van der Waals surface area contributed by atoms with Gasteiger partial charge in [0.05, 0.1) is 6.10 Å². The molecule has 1 aliphatic heterocycles. The maximum Gasteiger partial charge on any atom is 0.0750 e. The molecule has 0 bridgehead atoms. The minimum Gasteiger partial charge on any atom is -0.377 e. The van der Waals surface area contributed by atoms with Crippen LogP contribution in [0.3, 0.4) is 0 Å². The van der Waals surface area contributed by atoms with E-state index in [1.165, 1.54) is 24.1 Å². The van der Waals surface area contributed by atoms with Crippen LogP contribution < -0.4 is 10.6 Å². The van der Waals surface area contributed by atoms with Crippen LogP contribution in [0.2, 0.25) is 0 Å². The summed E-state index contributed by atoms with van der Waals surface area (Å²) >= 11 is 3.50. The molecule has 2 N–H and O–H groups in total. The summed E-state index contributed by atoms with van der Waals surface area (Å²) in [6.45, 7) is 5.50. The summed E-state index contributed by atoms with van der Waals surface area (Å²) < 4.78 is 6.84. The average Bonchev–Trinajstić information content (AvgIpc) is 2.39. The molecule has 0 amide bonds. The number of nitrogens with two attached hydrogens (primary N) is 1. The van der Waals surface area contributed by atoms with Crippen molar-refractivity contribution in [3.05, 3.63) is 28.2 Å². The molecule has 3 nitrogen and oxygen atoms in total. The number of ether oxygens (including phenoxy) is 1. The number of halogens is 1. The van der Waals surface area contributed by atoms with Crippen LogP contribution >= 0.6 is 15.9 Å². The zero-order chi connectivity index (χ0) is 13.0. The highest BCUT2D eigenvalue weighted by molar-refractivity contribution is 9.10. The van der Waals surface area contributed by atoms with Crippen LogP contribution in [0, 0.1) is 0 Å². The molecule has 1 aliphatic rings. The minimum absolute atomic E-state index is 0.359. The summed E-state index contributed by atoms with van der Waals surface area (Å²) in [5, 5.41) is 0. The maximum absolute atomic E-state index is 5.84. The summed E-state index contributed by atoms with van der Waals surface area (Å²) in [5.41, 5.74) is 8.29. The zero-order valence-electron chi connectivity index (χ0n) is 10.9. The number of anilines is 1. The summed E-state index contributed by atoms with van der Waals surface area (Å²) in [7, 11) is 0. The summed E-state index contributed by atoms with van der Waals surface area (Å²) in [4.78, 5) is 2.40. The molecule has 1 heterocycles. The van der Waals surface area contributed by atoms with E-state index in [1.54, 1.807) is 0 Å². The molecule has 18 heavy (non-hydrogen) atoms. The van der Waals surface area contributed by atoms with Gasteiger partial charge in [-0.15, -0.1) is 0 Å². The largest absolute Gasteiger partial charge is 0.377 e. The van der Waals surface area contributed by atoms with Crippen LogP contribution in [-0.2, 0) is 11.3 Å². The van der Waals surface area contributed by atoms with Gasteiger partial charge in [-0.05, 0) is 43.5 Å². The molecule has 100 valence electrons. The highest BCUT2D eigenvalue weighted by atomic mass is 79.9. The maximum atomic E-state index is 5.84. The second-order valence-corrected chi connectivity index (χ2v) is 5.56.